The van der Waals surface area contributed by atoms with Crippen molar-refractivity contribution in [3.63, 3.8) is 0 Å². The molecule has 156 valence electrons. The standard InChI is InChI=1S/C22H27Cl2N3O2/c1-15(2)26-9-8-22(28)27(11-10-26)17-4-7-21(16(12-17)14-25-3)29-18-5-6-19(23)20(24)13-18/h4-7,12-13,15,25H,8-11,14H2,1-3H3. The van der Waals surface area contributed by atoms with E-state index >= 15 is 0 Å². The zero-order valence-electron chi connectivity index (χ0n) is 17.0. The number of hydrogen-bond donors (Lipinski definition) is 1. The lowest BCUT2D eigenvalue weighted by molar-refractivity contribution is -0.118. The Balaban J connectivity index is 1.85. The van der Waals surface area contributed by atoms with Gasteiger partial charge < -0.3 is 15.0 Å². The van der Waals surface area contributed by atoms with Gasteiger partial charge in [0, 0.05) is 56.0 Å². The van der Waals surface area contributed by atoms with Crippen LogP contribution < -0.4 is 15.0 Å². The minimum atomic E-state index is 0.154. The molecule has 1 N–H and O–H groups in total. The number of hydrogen-bond acceptors (Lipinski definition) is 4. The summed E-state index contributed by atoms with van der Waals surface area (Å²) in [6, 6.07) is 11.5. The van der Waals surface area contributed by atoms with Gasteiger partial charge in [-0.1, -0.05) is 23.2 Å². The summed E-state index contributed by atoms with van der Waals surface area (Å²) in [6.07, 6.45) is 0.529. The van der Waals surface area contributed by atoms with E-state index in [1.807, 2.05) is 30.1 Å². The summed E-state index contributed by atoms with van der Waals surface area (Å²) in [5.74, 6) is 1.48. The first-order valence-corrected chi connectivity index (χ1v) is 10.6. The zero-order valence-corrected chi connectivity index (χ0v) is 18.6. The van der Waals surface area contributed by atoms with Crippen molar-refractivity contribution in [3.05, 3.63) is 52.0 Å². The molecule has 0 spiro atoms. The van der Waals surface area contributed by atoms with E-state index in [1.54, 1.807) is 18.2 Å². The van der Waals surface area contributed by atoms with Crippen LogP contribution in [0.15, 0.2) is 36.4 Å². The number of nitrogens with zero attached hydrogens (tertiary/aromatic N) is 2. The quantitative estimate of drug-likeness (QED) is 0.696. The number of benzene rings is 2. The Kier molecular flexibility index (Phi) is 7.41. The number of carbonyl (C=O) groups is 1. The van der Waals surface area contributed by atoms with Crippen LogP contribution in [0.5, 0.6) is 11.5 Å². The van der Waals surface area contributed by atoms with Crippen LogP contribution in [0.3, 0.4) is 0 Å². The zero-order chi connectivity index (χ0) is 21.0. The third kappa shape index (κ3) is 5.43. The molecule has 0 aromatic heterocycles. The Morgan fingerprint density at radius 1 is 1.07 bits per heavy atom. The minimum Gasteiger partial charge on any atom is -0.457 e. The van der Waals surface area contributed by atoms with Crippen LogP contribution >= 0.6 is 23.2 Å². The summed E-state index contributed by atoms with van der Waals surface area (Å²) in [5, 5.41) is 4.10. The SMILES string of the molecule is CNCc1cc(N2CCN(C(C)C)CCC2=O)ccc1Oc1ccc(Cl)c(Cl)c1. The van der Waals surface area contributed by atoms with E-state index in [2.05, 4.69) is 24.1 Å². The predicted molar refractivity (Wildman–Crippen MR) is 119 cm³/mol. The van der Waals surface area contributed by atoms with E-state index in [9.17, 15) is 4.79 Å². The fourth-order valence-corrected chi connectivity index (χ4v) is 3.75. The molecule has 1 aliphatic rings. The number of anilines is 1. The molecule has 0 radical (unpaired) electrons. The second kappa shape index (κ2) is 9.81. The van der Waals surface area contributed by atoms with Crippen molar-refractivity contribution in [1.29, 1.82) is 0 Å². The van der Waals surface area contributed by atoms with Crippen molar-refractivity contribution in [1.82, 2.24) is 10.2 Å². The minimum absolute atomic E-state index is 0.154. The third-order valence-electron chi connectivity index (χ3n) is 5.10. The van der Waals surface area contributed by atoms with Crippen molar-refractivity contribution in [3.8, 4) is 11.5 Å². The van der Waals surface area contributed by atoms with Gasteiger partial charge in [0.25, 0.3) is 0 Å². The van der Waals surface area contributed by atoms with Gasteiger partial charge in [-0.25, -0.2) is 0 Å². The van der Waals surface area contributed by atoms with Crippen LogP contribution in [0.25, 0.3) is 0 Å². The van der Waals surface area contributed by atoms with Crippen LogP contribution in [0.2, 0.25) is 10.0 Å². The Morgan fingerprint density at radius 3 is 2.55 bits per heavy atom. The van der Waals surface area contributed by atoms with Crippen LogP contribution in [0.1, 0.15) is 25.8 Å². The molecule has 1 saturated heterocycles. The summed E-state index contributed by atoms with van der Waals surface area (Å²) in [4.78, 5) is 16.9. The maximum absolute atomic E-state index is 12.7. The molecule has 0 unspecified atom stereocenters. The van der Waals surface area contributed by atoms with Gasteiger partial charge in [-0.05, 0) is 51.2 Å². The first-order chi connectivity index (χ1) is 13.9. The molecule has 0 bridgehead atoms. The topological polar surface area (TPSA) is 44.8 Å². The normalized spacial score (nSPS) is 15.7. The van der Waals surface area contributed by atoms with Gasteiger partial charge in [-0.3, -0.25) is 9.69 Å². The van der Waals surface area contributed by atoms with Crippen molar-refractivity contribution in [2.75, 3.05) is 31.6 Å². The Bertz CT molecular complexity index is 873. The van der Waals surface area contributed by atoms with Crippen LogP contribution in [-0.2, 0) is 11.3 Å². The lowest BCUT2D eigenvalue weighted by Crippen LogP contribution is -2.35. The molecule has 0 aliphatic carbocycles. The average molecular weight is 436 g/mol. The van der Waals surface area contributed by atoms with E-state index in [4.69, 9.17) is 27.9 Å². The van der Waals surface area contributed by atoms with Gasteiger partial charge in [-0.15, -0.1) is 0 Å². The number of rotatable bonds is 6. The molecule has 1 aliphatic heterocycles. The lowest BCUT2D eigenvalue weighted by Gasteiger charge is -2.25. The molecule has 5 nitrogen and oxygen atoms in total. The molecule has 0 atom stereocenters. The molecule has 1 heterocycles. The highest BCUT2D eigenvalue weighted by Crippen LogP contribution is 2.33. The highest BCUT2D eigenvalue weighted by molar-refractivity contribution is 6.42. The highest BCUT2D eigenvalue weighted by atomic mass is 35.5. The second-order valence-corrected chi connectivity index (χ2v) is 8.24. The molecular weight excluding hydrogens is 409 g/mol. The van der Waals surface area contributed by atoms with Gasteiger partial charge in [-0.2, -0.15) is 0 Å². The second-order valence-electron chi connectivity index (χ2n) is 7.43. The summed E-state index contributed by atoms with van der Waals surface area (Å²) in [6.45, 7) is 7.30. The number of amides is 1. The molecular formula is C22H27Cl2N3O2. The summed E-state index contributed by atoms with van der Waals surface area (Å²) < 4.78 is 6.05. The van der Waals surface area contributed by atoms with Crippen molar-refractivity contribution < 1.29 is 9.53 Å². The maximum Gasteiger partial charge on any atom is 0.228 e. The molecule has 1 amide bonds. The van der Waals surface area contributed by atoms with Crippen LogP contribution in [-0.4, -0.2) is 43.5 Å². The van der Waals surface area contributed by atoms with Crippen molar-refractivity contribution in [2.45, 2.75) is 32.9 Å². The maximum atomic E-state index is 12.7. The highest BCUT2D eigenvalue weighted by Gasteiger charge is 2.24. The van der Waals surface area contributed by atoms with Gasteiger partial charge in [0.05, 0.1) is 10.0 Å². The summed E-state index contributed by atoms with van der Waals surface area (Å²) in [5.41, 5.74) is 1.86. The molecule has 2 aromatic rings. The summed E-state index contributed by atoms with van der Waals surface area (Å²) in [7, 11) is 1.88. The van der Waals surface area contributed by atoms with Crippen LogP contribution in [0, 0.1) is 0 Å². The molecule has 0 saturated carbocycles. The van der Waals surface area contributed by atoms with Crippen LogP contribution in [0.4, 0.5) is 5.69 Å². The van der Waals surface area contributed by atoms with Gasteiger partial charge in [0.1, 0.15) is 11.5 Å². The predicted octanol–water partition coefficient (Wildman–Crippen LogP) is 4.95. The first-order valence-electron chi connectivity index (χ1n) is 9.84. The van der Waals surface area contributed by atoms with Crippen molar-refractivity contribution >= 4 is 34.8 Å². The largest absolute Gasteiger partial charge is 0.457 e. The molecule has 1 fully saturated rings. The fraction of sp³-hybridized carbons (Fsp3) is 0.409. The van der Waals surface area contributed by atoms with Gasteiger partial charge >= 0.3 is 0 Å². The molecule has 3 rings (SSSR count). The lowest BCUT2D eigenvalue weighted by atomic mass is 10.1. The smallest absolute Gasteiger partial charge is 0.228 e. The number of carbonyl (C=O) groups excluding carboxylic acids is 1. The van der Waals surface area contributed by atoms with E-state index in [-0.39, 0.29) is 5.91 Å². The van der Waals surface area contributed by atoms with E-state index in [1.165, 1.54) is 0 Å². The fourth-order valence-electron chi connectivity index (χ4n) is 3.46. The molecule has 2 aromatic carbocycles. The van der Waals surface area contributed by atoms with Gasteiger partial charge in [0.2, 0.25) is 5.91 Å². The Morgan fingerprint density at radius 2 is 1.86 bits per heavy atom. The average Bonchev–Trinajstić information content (AvgIpc) is 2.88. The van der Waals surface area contributed by atoms with E-state index in [0.717, 1.165) is 24.3 Å². The number of nitrogens with one attached hydrogen (secondary N) is 1. The van der Waals surface area contributed by atoms with E-state index in [0.29, 0.717) is 47.1 Å². The first kappa shape index (κ1) is 21.9. The summed E-state index contributed by atoms with van der Waals surface area (Å²) >= 11 is 12.1. The van der Waals surface area contributed by atoms with E-state index < -0.39 is 0 Å². The number of ether oxygens (including phenoxy) is 1. The molecule has 29 heavy (non-hydrogen) atoms. The third-order valence-corrected chi connectivity index (χ3v) is 5.84. The molecule has 7 heteroatoms. The van der Waals surface area contributed by atoms with Crippen molar-refractivity contribution in [2.24, 2.45) is 0 Å². The Hall–Kier alpha value is -1.79. The monoisotopic (exact) mass is 435 g/mol. The number of halogens is 2. The Labute approximate surface area is 182 Å². The van der Waals surface area contributed by atoms with Gasteiger partial charge in [0.15, 0.2) is 0 Å².